The van der Waals surface area contributed by atoms with Gasteiger partial charge in [-0.05, 0) is 17.7 Å². The molecule has 124 valence electrons. The SMILES string of the molecule is FC(F)(F)c1ccccc1CN1CCN(C2=CCN=CN2)CC1. The molecule has 23 heavy (non-hydrogen) atoms. The zero-order chi connectivity index (χ0) is 16.3. The summed E-state index contributed by atoms with van der Waals surface area (Å²) in [5.74, 6) is 1.04. The summed E-state index contributed by atoms with van der Waals surface area (Å²) in [7, 11) is 0. The summed E-state index contributed by atoms with van der Waals surface area (Å²) in [5.41, 5.74) is -0.189. The molecule has 0 aliphatic carbocycles. The van der Waals surface area contributed by atoms with Gasteiger partial charge in [0, 0.05) is 32.7 Å². The Bertz CT molecular complexity index is 602. The molecule has 0 amide bonds. The summed E-state index contributed by atoms with van der Waals surface area (Å²) in [6.07, 6.45) is -0.593. The lowest BCUT2D eigenvalue weighted by Crippen LogP contribution is -2.48. The van der Waals surface area contributed by atoms with Crippen LogP contribution in [0.15, 0.2) is 41.2 Å². The highest BCUT2D eigenvalue weighted by atomic mass is 19.4. The van der Waals surface area contributed by atoms with Crippen LogP contribution in [-0.2, 0) is 12.7 Å². The van der Waals surface area contributed by atoms with Gasteiger partial charge in [0.15, 0.2) is 0 Å². The second-order valence-electron chi connectivity index (χ2n) is 5.65. The number of rotatable bonds is 3. The van der Waals surface area contributed by atoms with Crippen LogP contribution >= 0.6 is 0 Å². The van der Waals surface area contributed by atoms with Crippen molar-refractivity contribution in [2.24, 2.45) is 4.99 Å². The van der Waals surface area contributed by atoms with E-state index < -0.39 is 11.7 Å². The van der Waals surface area contributed by atoms with Crippen LogP contribution in [0.2, 0.25) is 0 Å². The van der Waals surface area contributed by atoms with Crippen molar-refractivity contribution in [3.63, 3.8) is 0 Å². The van der Waals surface area contributed by atoms with Gasteiger partial charge < -0.3 is 10.2 Å². The van der Waals surface area contributed by atoms with E-state index in [0.29, 0.717) is 18.7 Å². The van der Waals surface area contributed by atoms with Crippen molar-refractivity contribution < 1.29 is 13.2 Å². The second-order valence-corrected chi connectivity index (χ2v) is 5.65. The van der Waals surface area contributed by atoms with Gasteiger partial charge in [-0.25, -0.2) is 0 Å². The molecular weight excluding hydrogens is 305 g/mol. The Morgan fingerprint density at radius 3 is 2.48 bits per heavy atom. The molecule has 1 aromatic carbocycles. The maximum atomic E-state index is 13.1. The Kier molecular flexibility index (Phi) is 4.56. The summed E-state index contributed by atoms with van der Waals surface area (Å²) < 4.78 is 39.2. The van der Waals surface area contributed by atoms with Gasteiger partial charge in [-0.2, -0.15) is 13.2 Å². The Morgan fingerprint density at radius 2 is 1.83 bits per heavy atom. The third kappa shape index (κ3) is 3.85. The van der Waals surface area contributed by atoms with Crippen molar-refractivity contribution in [1.82, 2.24) is 15.1 Å². The van der Waals surface area contributed by atoms with E-state index in [1.807, 2.05) is 6.08 Å². The van der Waals surface area contributed by atoms with Gasteiger partial charge in [0.25, 0.3) is 0 Å². The first-order valence-electron chi connectivity index (χ1n) is 7.61. The quantitative estimate of drug-likeness (QED) is 0.925. The highest BCUT2D eigenvalue weighted by Crippen LogP contribution is 2.32. The summed E-state index contributed by atoms with van der Waals surface area (Å²) in [6, 6.07) is 5.82. The van der Waals surface area contributed by atoms with Crippen LogP contribution in [0.25, 0.3) is 0 Å². The Balaban J connectivity index is 1.60. The number of hydrogen-bond donors (Lipinski definition) is 1. The van der Waals surface area contributed by atoms with Crippen molar-refractivity contribution >= 4 is 6.34 Å². The smallest absolute Gasteiger partial charge is 0.356 e. The molecule has 2 aliphatic heterocycles. The van der Waals surface area contributed by atoms with E-state index in [1.54, 1.807) is 18.5 Å². The molecule has 0 atom stereocenters. The van der Waals surface area contributed by atoms with Crippen LogP contribution in [0.3, 0.4) is 0 Å². The van der Waals surface area contributed by atoms with Crippen LogP contribution in [0, 0.1) is 0 Å². The molecule has 0 radical (unpaired) electrons. The zero-order valence-electron chi connectivity index (χ0n) is 12.7. The first-order valence-corrected chi connectivity index (χ1v) is 7.61. The number of nitrogens with one attached hydrogen (secondary N) is 1. The molecule has 0 spiro atoms. The molecule has 2 aliphatic rings. The van der Waals surface area contributed by atoms with Crippen molar-refractivity contribution in [2.75, 3.05) is 32.7 Å². The van der Waals surface area contributed by atoms with Gasteiger partial charge in [-0.1, -0.05) is 18.2 Å². The summed E-state index contributed by atoms with van der Waals surface area (Å²) >= 11 is 0. The molecule has 2 heterocycles. The third-order valence-electron chi connectivity index (χ3n) is 4.12. The van der Waals surface area contributed by atoms with Gasteiger partial charge in [-0.3, -0.25) is 9.89 Å². The number of halogens is 3. The predicted molar refractivity (Wildman–Crippen MR) is 82.9 cm³/mol. The maximum absolute atomic E-state index is 13.1. The fraction of sp³-hybridized carbons (Fsp3) is 0.438. The second kappa shape index (κ2) is 6.62. The molecule has 1 saturated heterocycles. The molecule has 4 nitrogen and oxygen atoms in total. The lowest BCUT2D eigenvalue weighted by molar-refractivity contribution is -0.138. The number of alkyl halides is 3. The normalized spacial score (nSPS) is 19.4. The lowest BCUT2D eigenvalue weighted by atomic mass is 10.1. The molecule has 0 unspecified atom stereocenters. The topological polar surface area (TPSA) is 30.9 Å². The molecule has 0 bridgehead atoms. The van der Waals surface area contributed by atoms with E-state index in [-0.39, 0.29) is 0 Å². The number of benzene rings is 1. The minimum absolute atomic E-state index is 0.331. The first-order chi connectivity index (χ1) is 11.0. The van der Waals surface area contributed by atoms with Crippen molar-refractivity contribution in [3.05, 3.63) is 47.3 Å². The molecule has 1 fully saturated rings. The first kappa shape index (κ1) is 15.9. The Hall–Kier alpha value is -2.02. The molecular formula is C16H19F3N4. The minimum Gasteiger partial charge on any atom is -0.356 e. The molecule has 0 saturated carbocycles. The monoisotopic (exact) mass is 324 g/mol. The van der Waals surface area contributed by atoms with E-state index >= 15 is 0 Å². The number of aliphatic imine (C=N–C) groups is 1. The van der Waals surface area contributed by atoms with Gasteiger partial charge in [-0.15, -0.1) is 0 Å². The van der Waals surface area contributed by atoms with Crippen LogP contribution in [-0.4, -0.2) is 48.9 Å². The molecule has 7 heteroatoms. The number of hydrogen-bond acceptors (Lipinski definition) is 4. The van der Waals surface area contributed by atoms with Gasteiger partial charge in [0.05, 0.1) is 18.4 Å². The van der Waals surface area contributed by atoms with Crippen LogP contribution in [0.1, 0.15) is 11.1 Å². The van der Waals surface area contributed by atoms with Gasteiger partial charge in [0.2, 0.25) is 0 Å². The average Bonchev–Trinajstić information content (AvgIpc) is 2.56. The van der Waals surface area contributed by atoms with E-state index in [2.05, 4.69) is 20.1 Å². The van der Waals surface area contributed by atoms with Crippen molar-refractivity contribution in [2.45, 2.75) is 12.7 Å². The minimum atomic E-state index is -4.30. The van der Waals surface area contributed by atoms with Crippen molar-refractivity contribution in [3.8, 4) is 0 Å². The van der Waals surface area contributed by atoms with E-state index in [1.165, 1.54) is 6.07 Å². The molecule has 0 aromatic heterocycles. The van der Waals surface area contributed by atoms with Crippen LogP contribution < -0.4 is 5.32 Å². The maximum Gasteiger partial charge on any atom is 0.416 e. The third-order valence-corrected chi connectivity index (χ3v) is 4.12. The highest BCUT2D eigenvalue weighted by molar-refractivity contribution is 5.58. The largest absolute Gasteiger partial charge is 0.416 e. The van der Waals surface area contributed by atoms with E-state index in [9.17, 15) is 13.2 Å². The number of nitrogens with zero attached hydrogens (tertiary/aromatic N) is 3. The Labute approximate surface area is 133 Å². The van der Waals surface area contributed by atoms with E-state index in [4.69, 9.17) is 0 Å². The van der Waals surface area contributed by atoms with Crippen molar-refractivity contribution in [1.29, 1.82) is 0 Å². The fourth-order valence-electron chi connectivity index (χ4n) is 2.91. The average molecular weight is 324 g/mol. The molecule has 1 aromatic rings. The van der Waals surface area contributed by atoms with Gasteiger partial charge >= 0.3 is 6.18 Å². The standard InChI is InChI=1S/C16H19F3N4/c17-16(18,19)14-4-2-1-3-13(14)11-22-7-9-23(10-8-22)15-5-6-20-12-21-15/h1-5,12H,6-11H2,(H,20,21). The number of piperazine rings is 1. The fourth-order valence-corrected chi connectivity index (χ4v) is 2.91. The molecule has 3 rings (SSSR count). The highest BCUT2D eigenvalue weighted by Gasteiger charge is 2.33. The summed E-state index contributed by atoms with van der Waals surface area (Å²) in [5, 5.41) is 3.11. The zero-order valence-corrected chi connectivity index (χ0v) is 12.7. The Morgan fingerprint density at radius 1 is 1.09 bits per heavy atom. The summed E-state index contributed by atoms with van der Waals surface area (Å²) in [6.45, 7) is 4.06. The predicted octanol–water partition coefficient (Wildman–Crippen LogP) is 2.30. The van der Waals surface area contributed by atoms with E-state index in [0.717, 1.165) is 38.1 Å². The lowest BCUT2D eigenvalue weighted by Gasteiger charge is -2.37. The molecule has 1 N–H and O–H groups in total. The van der Waals surface area contributed by atoms with Crippen LogP contribution in [0.5, 0.6) is 0 Å². The van der Waals surface area contributed by atoms with Gasteiger partial charge in [0.1, 0.15) is 5.82 Å². The summed E-state index contributed by atoms with van der Waals surface area (Å²) in [4.78, 5) is 8.34. The van der Waals surface area contributed by atoms with Crippen LogP contribution in [0.4, 0.5) is 13.2 Å².